The Bertz CT molecular complexity index is 2980. The molecule has 0 spiro atoms. The van der Waals surface area contributed by atoms with Crippen LogP contribution in [0.1, 0.15) is 152 Å². The van der Waals surface area contributed by atoms with Crippen molar-refractivity contribution in [2.75, 3.05) is 39.6 Å². The predicted molar refractivity (Wildman–Crippen MR) is 391 cm³/mol. The number of aliphatic hydroxyl groups excluding tert-OH is 6. The van der Waals surface area contributed by atoms with Gasteiger partial charge in [0.2, 0.25) is 0 Å². The van der Waals surface area contributed by atoms with Gasteiger partial charge < -0.3 is 35.4 Å². The van der Waals surface area contributed by atoms with Crippen molar-refractivity contribution in [2.24, 2.45) is 11.8 Å². The molecule has 0 heterocycles. The number of hydrogen-bond acceptors (Lipinski definition) is 7. The minimum absolute atomic E-state index is 0.137. The third-order valence-electron chi connectivity index (χ3n) is 14.6. The average molecular weight is 1240 g/mol. The number of carbonyl (C=O) groups is 1. The van der Waals surface area contributed by atoms with E-state index in [2.05, 4.69) is 251 Å². The van der Waals surface area contributed by atoms with Crippen LogP contribution in [0.4, 0.5) is 0 Å². The monoisotopic (exact) mass is 1230 g/mol. The smallest absolute Gasteiger partial charge is 0.120 e. The number of carbonyl (C=O) groups excluding carboxylic acids is 1. The van der Waals surface area contributed by atoms with E-state index in [4.69, 9.17) is 30.6 Å². The summed E-state index contributed by atoms with van der Waals surface area (Å²) in [6.45, 7) is 32.1. The molecular weight excluding hydrogens is 1120 g/mol. The first-order chi connectivity index (χ1) is 43.5. The van der Waals surface area contributed by atoms with E-state index in [0.717, 1.165) is 63.2 Å². The normalized spacial score (nSPS) is 11.8. The molecular formula is C84H114O7. The van der Waals surface area contributed by atoms with E-state index in [9.17, 15) is 4.79 Å². The van der Waals surface area contributed by atoms with Crippen LogP contribution in [0.3, 0.4) is 0 Å². The largest absolute Gasteiger partial charge is 0.396 e. The molecule has 7 aromatic rings. The molecule has 0 fully saturated rings. The highest BCUT2D eigenvalue weighted by Gasteiger charge is 2.04. The molecule has 0 saturated heterocycles. The summed E-state index contributed by atoms with van der Waals surface area (Å²) >= 11 is 0. The Labute approximate surface area is 551 Å². The van der Waals surface area contributed by atoms with Gasteiger partial charge in [0.25, 0.3) is 0 Å². The van der Waals surface area contributed by atoms with Gasteiger partial charge in [-0.3, -0.25) is 0 Å². The van der Waals surface area contributed by atoms with E-state index in [-0.39, 0.29) is 33.0 Å². The van der Waals surface area contributed by atoms with Crippen LogP contribution in [-0.2, 0) is 36.9 Å². The molecule has 0 amide bonds. The van der Waals surface area contributed by atoms with Crippen LogP contribution in [0.5, 0.6) is 0 Å². The molecule has 7 nitrogen and oxygen atoms in total. The number of rotatable bonds is 24. The summed E-state index contributed by atoms with van der Waals surface area (Å²) < 4.78 is 0. The number of allylic oxidation sites excluding steroid dienone is 2. The zero-order valence-corrected chi connectivity index (χ0v) is 57.8. The lowest BCUT2D eigenvalue weighted by molar-refractivity contribution is -0.108. The second-order valence-corrected chi connectivity index (χ2v) is 24.4. The fourth-order valence-corrected chi connectivity index (χ4v) is 8.97. The molecule has 7 aromatic carbocycles. The average Bonchev–Trinajstić information content (AvgIpc) is 3.67. The lowest BCUT2D eigenvalue weighted by Gasteiger charge is -2.09. The van der Waals surface area contributed by atoms with Crippen molar-refractivity contribution in [3.8, 4) is 0 Å². The SMILES string of the molecule is C/C(=C/CO)Cc1ccc(C)cc1.C/C(=C/CO)Cc1ccc(C)cc1.C/C(=C/c1ccc(C)cc1)CCO.C/C(=C\c1ccc(C)cc1)CCO.C=C(CCO)Cc1ccc(C)cc1.Cc1ccc(CC(C)CC=O)cc1.Cc1ccc(CC(C)CCO)cc1. The van der Waals surface area contributed by atoms with Crippen molar-refractivity contribution in [1.29, 1.82) is 0 Å². The molecule has 2 atom stereocenters. The molecule has 0 aliphatic heterocycles. The Kier molecular flexibility index (Phi) is 45.2. The summed E-state index contributed by atoms with van der Waals surface area (Å²) in [6, 6.07) is 59.3. The van der Waals surface area contributed by atoms with Crippen LogP contribution >= 0.6 is 0 Å². The van der Waals surface area contributed by atoms with Crippen molar-refractivity contribution in [3.63, 3.8) is 0 Å². The Balaban J connectivity index is 0.000000531. The molecule has 91 heavy (non-hydrogen) atoms. The molecule has 0 bridgehead atoms. The van der Waals surface area contributed by atoms with Crippen molar-refractivity contribution >= 4 is 18.4 Å². The Hall–Kier alpha value is -7.33. The maximum absolute atomic E-state index is 10.3. The first-order valence-corrected chi connectivity index (χ1v) is 32.4. The van der Waals surface area contributed by atoms with Crippen molar-refractivity contribution in [3.05, 3.63) is 294 Å². The van der Waals surface area contributed by atoms with Crippen molar-refractivity contribution < 1.29 is 35.4 Å². The lowest BCUT2D eigenvalue weighted by Crippen LogP contribution is -2.01. The fourth-order valence-electron chi connectivity index (χ4n) is 8.97. The van der Waals surface area contributed by atoms with Gasteiger partial charge in [0, 0.05) is 32.8 Å². The number of aryl methyl sites for hydroxylation is 7. The summed E-state index contributed by atoms with van der Waals surface area (Å²) in [4.78, 5) is 10.3. The van der Waals surface area contributed by atoms with Crippen LogP contribution in [0.2, 0.25) is 0 Å². The van der Waals surface area contributed by atoms with E-state index in [0.29, 0.717) is 31.3 Å². The highest BCUT2D eigenvalue weighted by Crippen LogP contribution is 2.16. The lowest BCUT2D eigenvalue weighted by atomic mass is 9.98. The summed E-state index contributed by atoms with van der Waals surface area (Å²) in [7, 11) is 0. The molecule has 0 radical (unpaired) electrons. The molecule has 7 heteroatoms. The number of aldehydes is 1. The molecule has 0 saturated carbocycles. The second-order valence-electron chi connectivity index (χ2n) is 24.4. The Morgan fingerprint density at radius 3 is 0.912 bits per heavy atom. The predicted octanol–water partition coefficient (Wildman–Crippen LogP) is 18.3. The number of aliphatic hydroxyl groups is 6. The van der Waals surface area contributed by atoms with Crippen LogP contribution in [-0.4, -0.2) is 76.6 Å². The summed E-state index contributed by atoms with van der Waals surface area (Å²) in [6.07, 6.45) is 17.5. The molecule has 2 unspecified atom stereocenters. The summed E-state index contributed by atoms with van der Waals surface area (Å²) in [5.74, 6) is 1.04. The topological polar surface area (TPSA) is 138 Å². The van der Waals surface area contributed by atoms with Crippen LogP contribution < -0.4 is 0 Å². The van der Waals surface area contributed by atoms with Gasteiger partial charge in [-0.05, 0) is 185 Å². The van der Waals surface area contributed by atoms with Crippen molar-refractivity contribution in [2.45, 2.75) is 154 Å². The van der Waals surface area contributed by atoms with E-state index in [1.165, 1.54) is 100 Å². The van der Waals surface area contributed by atoms with Gasteiger partial charge in [-0.1, -0.05) is 281 Å². The minimum atomic E-state index is 0.137. The maximum Gasteiger partial charge on any atom is 0.120 e. The molecule has 6 N–H and O–H groups in total. The highest BCUT2D eigenvalue weighted by molar-refractivity contribution is 5.53. The summed E-state index contributed by atoms with van der Waals surface area (Å²) in [5.41, 5.74) is 23.9. The first-order valence-electron chi connectivity index (χ1n) is 32.4. The fraction of sp³-hybridized carbons (Fsp3) is 0.369. The van der Waals surface area contributed by atoms with Crippen molar-refractivity contribution in [1.82, 2.24) is 0 Å². The standard InChI is InChI=1S/C12H18O.6C12H16O/c7*1-10-3-5-12(6-4-10)9-11(2)7-8-13/h3-6,11,13H,7-9H2,1-2H3;2*3-6,9,13H,7-8H2,1-2H3;3-6,8,11H,7,9H2,1-2H3;2*3-7,13H,8-9H2,1-2H3;3-6,13H,2,7-9H2,1H3/b;11-9+;11-9-;;2*11-7-;. The molecule has 0 aliphatic carbocycles. The molecule has 492 valence electrons. The van der Waals surface area contributed by atoms with Gasteiger partial charge in [0.05, 0.1) is 13.2 Å². The van der Waals surface area contributed by atoms with Crippen LogP contribution in [0, 0.1) is 60.3 Å². The van der Waals surface area contributed by atoms with Gasteiger partial charge >= 0.3 is 0 Å². The van der Waals surface area contributed by atoms with Gasteiger partial charge in [-0.25, -0.2) is 0 Å². The minimum Gasteiger partial charge on any atom is -0.396 e. The van der Waals surface area contributed by atoms with E-state index in [1.807, 2.05) is 39.8 Å². The van der Waals surface area contributed by atoms with E-state index >= 15 is 0 Å². The third kappa shape index (κ3) is 43.1. The molecule has 7 rings (SSSR count). The van der Waals surface area contributed by atoms with Gasteiger partial charge in [-0.15, -0.1) is 0 Å². The quantitative estimate of drug-likeness (QED) is 0.0262. The third-order valence-corrected chi connectivity index (χ3v) is 14.6. The van der Waals surface area contributed by atoms with Gasteiger partial charge in [0.15, 0.2) is 0 Å². The first kappa shape index (κ1) is 81.7. The maximum atomic E-state index is 10.3. The zero-order chi connectivity index (χ0) is 67.8. The highest BCUT2D eigenvalue weighted by atomic mass is 16.3. The van der Waals surface area contributed by atoms with E-state index in [1.54, 1.807) is 0 Å². The Morgan fingerprint density at radius 2 is 0.637 bits per heavy atom. The molecule has 0 aliphatic rings. The molecule has 0 aromatic heterocycles. The van der Waals surface area contributed by atoms with Crippen LogP contribution in [0.15, 0.2) is 216 Å². The number of hydrogen-bond donors (Lipinski definition) is 6. The van der Waals surface area contributed by atoms with Gasteiger partial charge in [0.1, 0.15) is 6.29 Å². The van der Waals surface area contributed by atoms with Gasteiger partial charge in [-0.2, -0.15) is 0 Å². The second kappa shape index (κ2) is 50.3. The number of benzene rings is 7. The summed E-state index contributed by atoms with van der Waals surface area (Å²) in [5, 5.41) is 52.3. The van der Waals surface area contributed by atoms with E-state index < -0.39 is 0 Å². The zero-order valence-electron chi connectivity index (χ0n) is 57.8. The van der Waals surface area contributed by atoms with Crippen LogP contribution in [0.25, 0.3) is 12.2 Å². The Morgan fingerprint density at radius 1 is 0.363 bits per heavy atom.